The summed E-state index contributed by atoms with van der Waals surface area (Å²) in [7, 11) is 0. The third-order valence-electron chi connectivity index (χ3n) is 3.47. The smallest absolute Gasteiger partial charge is 0.258 e. The first-order valence-electron chi connectivity index (χ1n) is 7.16. The van der Waals surface area contributed by atoms with E-state index in [1.54, 1.807) is 0 Å². The van der Waals surface area contributed by atoms with Gasteiger partial charge in [-0.2, -0.15) is 0 Å². The van der Waals surface area contributed by atoms with Crippen LogP contribution < -0.4 is 10.2 Å². The summed E-state index contributed by atoms with van der Waals surface area (Å²) in [5, 5.41) is 2.34. The quantitative estimate of drug-likeness (QED) is 0.867. The maximum Gasteiger partial charge on any atom is 0.258 e. The second-order valence-electron chi connectivity index (χ2n) is 5.05. The molecule has 1 aliphatic heterocycles. The van der Waals surface area contributed by atoms with Crippen LogP contribution in [0.2, 0.25) is 0 Å². The molecule has 126 valence electrons. The number of carbonyl (C=O) groups excluding carboxylic acids is 1. The Labute approximate surface area is 135 Å². The molecule has 9 heteroatoms. The molecule has 0 aliphatic carbocycles. The van der Waals surface area contributed by atoms with Crippen LogP contribution in [-0.2, 0) is 4.74 Å². The Bertz CT molecular complexity index is 749. The Hall–Kier alpha value is -2.68. The highest BCUT2D eigenvalue weighted by Crippen LogP contribution is 2.17. The van der Waals surface area contributed by atoms with Gasteiger partial charge < -0.3 is 15.0 Å². The van der Waals surface area contributed by atoms with Crippen molar-refractivity contribution >= 4 is 17.5 Å². The van der Waals surface area contributed by atoms with Gasteiger partial charge in [0.1, 0.15) is 0 Å². The van der Waals surface area contributed by atoms with E-state index in [9.17, 15) is 18.0 Å². The zero-order chi connectivity index (χ0) is 17.1. The predicted octanol–water partition coefficient (Wildman–Crippen LogP) is 1.98. The SMILES string of the molecule is O=C(Nc1cnc(N2CCOCC2)nc1)c1ccc(F)c(F)c1F. The minimum Gasteiger partial charge on any atom is -0.378 e. The van der Waals surface area contributed by atoms with E-state index in [2.05, 4.69) is 15.3 Å². The van der Waals surface area contributed by atoms with Crippen LogP contribution >= 0.6 is 0 Å². The Kier molecular flexibility index (Phi) is 4.61. The first-order valence-corrected chi connectivity index (χ1v) is 7.16. The fraction of sp³-hybridized carbons (Fsp3) is 0.267. The van der Waals surface area contributed by atoms with Crippen LogP contribution in [0.25, 0.3) is 0 Å². The standard InChI is InChI=1S/C15H13F3N4O2/c16-11-2-1-10(12(17)13(11)18)14(23)21-9-7-19-15(20-8-9)22-3-5-24-6-4-22/h1-2,7-8H,3-6H2,(H,21,23). The number of benzene rings is 1. The molecule has 1 amide bonds. The van der Waals surface area contributed by atoms with Gasteiger partial charge in [-0.15, -0.1) is 0 Å². The molecule has 0 unspecified atom stereocenters. The molecular weight excluding hydrogens is 325 g/mol. The molecule has 1 N–H and O–H groups in total. The number of nitrogens with zero attached hydrogens (tertiary/aromatic N) is 3. The molecule has 3 rings (SSSR count). The molecular formula is C15H13F3N4O2. The summed E-state index contributed by atoms with van der Waals surface area (Å²) in [6.07, 6.45) is 2.71. The topological polar surface area (TPSA) is 67.4 Å². The molecule has 0 radical (unpaired) electrons. The van der Waals surface area contributed by atoms with Crippen LogP contribution in [0.3, 0.4) is 0 Å². The molecule has 1 saturated heterocycles. The number of nitrogens with one attached hydrogen (secondary N) is 1. The second-order valence-corrected chi connectivity index (χ2v) is 5.05. The number of halogens is 3. The number of amides is 1. The predicted molar refractivity (Wildman–Crippen MR) is 79.3 cm³/mol. The Morgan fingerprint density at radius 3 is 2.42 bits per heavy atom. The Morgan fingerprint density at radius 2 is 1.75 bits per heavy atom. The fourth-order valence-corrected chi connectivity index (χ4v) is 2.21. The number of morpholine rings is 1. The van der Waals surface area contributed by atoms with Gasteiger partial charge >= 0.3 is 0 Å². The summed E-state index contributed by atoms with van der Waals surface area (Å²) in [6.45, 7) is 2.48. The number of carbonyl (C=O) groups is 1. The van der Waals surface area contributed by atoms with E-state index in [1.165, 1.54) is 12.4 Å². The zero-order valence-corrected chi connectivity index (χ0v) is 12.4. The van der Waals surface area contributed by atoms with Gasteiger partial charge in [0.15, 0.2) is 17.5 Å². The van der Waals surface area contributed by atoms with Crippen LogP contribution in [0.1, 0.15) is 10.4 Å². The van der Waals surface area contributed by atoms with Crippen molar-refractivity contribution in [2.45, 2.75) is 0 Å². The molecule has 0 saturated carbocycles. The van der Waals surface area contributed by atoms with Crippen molar-refractivity contribution in [3.63, 3.8) is 0 Å². The van der Waals surface area contributed by atoms with Crippen molar-refractivity contribution < 1.29 is 22.7 Å². The minimum atomic E-state index is -1.69. The van der Waals surface area contributed by atoms with Gasteiger partial charge in [-0.05, 0) is 12.1 Å². The largest absolute Gasteiger partial charge is 0.378 e. The number of aromatic nitrogens is 2. The Balaban J connectivity index is 1.72. The van der Waals surface area contributed by atoms with Gasteiger partial charge in [-0.1, -0.05) is 0 Å². The van der Waals surface area contributed by atoms with Gasteiger partial charge in [0, 0.05) is 13.1 Å². The van der Waals surface area contributed by atoms with E-state index in [0.29, 0.717) is 38.3 Å². The van der Waals surface area contributed by atoms with Crippen molar-refractivity contribution in [1.82, 2.24) is 9.97 Å². The molecule has 2 aromatic rings. The average molecular weight is 338 g/mol. The number of rotatable bonds is 3. The number of ether oxygens (including phenoxy) is 1. The third-order valence-corrected chi connectivity index (χ3v) is 3.47. The molecule has 1 fully saturated rings. The molecule has 0 spiro atoms. The molecule has 6 nitrogen and oxygen atoms in total. The lowest BCUT2D eigenvalue weighted by atomic mass is 10.2. The maximum absolute atomic E-state index is 13.6. The van der Waals surface area contributed by atoms with Gasteiger partial charge in [-0.25, -0.2) is 23.1 Å². The monoisotopic (exact) mass is 338 g/mol. The van der Waals surface area contributed by atoms with Gasteiger partial charge in [0.05, 0.1) is 36.9 Å². The fourth-order valence-electron chi connectivity index (χ4n) is 2.21. The zero-order valence-electron chi connectivity index (χ0n) is 12.4. The van der Waals surface area contributed by atoms with E-state index in [-0.39, 0.29) is 5.69 Å². The third kappa shape index (κ3) is 3.30. The lowest BCUT2D eigenvalue weighted by molar-refractivity contribution is 0.102. The van der Waals surface area contributed by atoms with Crippen molar-refractivity contribution in [3.05, 3.63) is 47.5 Å². The van der Waals surface area contributed by atoms with E-state index in [1.807, 2.05) is 4.90 Å². The van der Waals surface area contributed by atoms with Crippen molar-refractivity contribution in [2.24, 2.45) is 0 Å². The van der Waals surface area contributed by atoms with Crippen LogP contribution in [0.5, 0.6) is 0 Å². The van der Waals surface area contributed by atoms with Crippen molar-refractivity contribution in [1.29, 1.82) is 0 Å². The molecule has 1 aliphatic rings. The molecule has 1 aromatic heterocycles. The highest BCUT2D eigenvalue weighted by Gasteiger charge is 2.19. The maximum atomic E-state index is 13.6. The van der Waals surface area contributed by atoms with Gasteiger partial charge in [0.25, 0.3) is 5.91 Å². The normalized spacial score (nSPS) is 14.5. The summed E-state index contributed by atoms with van der Waals surface area (Å²) in [5.74, 6) is -5.04. The number of hydrogen-bond acceptors (Lipinski definition) is 5. The minimum absolute atomic E-state index is 0.209. The first kappa shape index (κ1) is 16.2. The molecule has 0 atom stereocenters. The summed E-state index contributed by atoms with van der Waals surface area (Å²) in [5.41, 5.74) is -0.396. The van der Waals surface area contributed by atoms with Crippen LogP contribution in [0.15, 0.2) is 24.5 Å². The lowest BCUT2D eigenvalue weighted by Gasteiger charge is -2.26. The van der Waals surface area contributed by atoms with Crippen LogP contribution in [0.4, 0.5) is 24.8 Å². The molecule has 1 aromatic carbocycles. The summed E-state index contributed by atoms with van der Waals surface area (Å²) in [6, 6.07) is 1.55. The highest BCUT2D eigenvalue weighted by molar-refractivity contribution is 6.04. The van der Waals surface area contributed by atoms with Gasteiger partial charge in [-0.3, -0.25) is 4.79 Å². The van der Waals surface area contributed by atoms with E-state index in [0.717, 1.165) is 6.07 Å². The summed E-state index contributed by atoms with van der Waals surface area (Å²) in [4.78, 5) is 22.1. The average Bonchev–Trinajstić information content (AvgIpc) is 2.61. The van der Waals surface area contributed by atoms with E-state index in [4.69, 9.17) is 4.74 Å². The van der Waals surface area contributed by atoms with Gasteiger partial charge in [0.2, 0.25) is 5.95 Å². The summed E-state index contributed by atoms with van der Waals surface area (Å²) >= 11 is 0. The molecule has 2 heterocycles. The summed E-state index contributed by atoms with van der Waals surface area (Å²) < 4.78 is 44.9. The first-order chi connectivity index (χ1) is 11.6. The van der Waals surface area contributed by atoms with Crippen molar-refractivity contribution in [3.8, 4) is 0 Å². The highest BCUT2D eigenvalue weighted by atomic mass is 19.2. The molecule has 24 heavy (non-hydrogen) atoms. The van der Waals surface area contributed by atoms with Crippen molar-refractivity contribution in [2.75, 3.05) is 36.5 Å². The molecule has 0 bridgehead atoms. The van der Waals surface area contributed by atoms with Crippen LogP contribution in [-0.4, -0.2) is 42.2 Å². The van der Waals surface area contributed by atoms with Crippen LogP contribution in [0, 0.1) is 17.5 Å². The number of anilines is 2. The Morgan fingerprint density at radius 1 is 1.08 bits per heavy atom. The van der Waals surface area contributed by atoms with E-state index >= 15 is 0 Å². The number of hydrogen-bond donors (Lipinski definition) is 1. The second kappa shape index (κ2) is 6.83. The lowest BCUT2D eigenvalue weighted by Crippen LogP contribution is -2.37. The van der Waals surface area contributed by atoms with E-state index < -0.39 is 28.9 Å².